The summed E-state index contributed by atoms with van der Waals surface area (Å²) in [5, 5.41) is 0.227. The van der Waals surface area contributed by atoms with Gasteiger partial charge in [-0.1, -0.05) is 35.9 Å². The molecule has 1 fully saturated rings. The summed E-state index contributed by atoms with van der Waals surface area (Å²) in [6.07, 6.45) is 1.70. The number of halogens is 2. The Morgan fingerprint density at radius 1 is 1.07 bits per heavy atom. The van der Waals surface area contributed by atoms with Crippen LogP contribution in [0.2, 0.25) is 5.02 Å². The lowest BCUT2D eigenvalue weighted by molar-refractivity contribution is -0.123. The van der Waals surface area contributed by atoms with Gasteiger partial charge in [-0.3, -0.25) is 14.5 Å². The van der Waals surface area contributed by atoms with E-state index >= 15 is 0 Å². The third-order valence-corrected chi connectivity index (χ3v) is 6.10. The molecule has 3 aromatic rings. The molecule has 1 saturated heterocycles. The molecule has 0 aliphatic carbocycles. The highest BCUT2D eigenvalue weighted by atomic mass is 35.5. The highest BCUT2D eigenvalue weighted by Crippen LogP contribution is 2.35. The quantitative estimate of drug-likeness (QED) is 0.459. The summed E-state index contributed by atoms with van der Waals surface area (Å²) >= 11 is 6.91. The van der Waals surface area contributed by atoms with E-state index < -0.39 is 0 Å². The van der Waals surface area contributed by atoms with Crippen molar-refractivity contribution in [2.45, 2.75) is 20.4 Å². The van der Waals surface area contributed by atoms with Crippen LogP contribution in [0.4, 0.5) is 9.18 Å². The van der Waals surface area contributed by atoms with E-state index in [1.54, 1.807) is 47.0 Å². The van der Waals surface area contributed by atoms with Crippen LogP contribution in [0.1, 0.15) is 22.5 Å². The van der Waals surface area contributed by atoms with Crippen molar-refractivity contribution in [1.29, 1.82) is 0 Å². The third kappa shape index (κ3) is 3.80. The van der Waals surface area contributed by atoms with Gasteiger partial charge in [0.05, 0.1) is 17.1 Å². The number of hydrogen-bond acceptors (Lipinski definition) is 3. The fraction of sp³-hybridized carbons (Fsp3) is 0.130. The normalized spacial score (nSPS) is 15.5. The molecule has 4 rings (SSSR count). The minimum absolute atomic E-state index is 0.164. The Labute approximate surface area is 182 Å². The molecule has 7 heteroatoms. The number of carbonyl (C=O) groups excluding carboxylic acids is 2. The van der Waals surface area contributed by atoms with E-state index in [1.165, 1.54) is 11.0 Å². The van der Waals surface area contributed by atoms with Gasteiger partial charge >= 0.3 is 0 Å². The number of nitrogens with zero attached hydrogens (tertiary/aromatic N) is 2. The number of carbonyl (C=O) groups is 2. The van der Waals surface area contributed by atoms with E-state index in [-0.39, 0.29) is 23.5 Å². The number of aryl methyl sites for hydroxylation is 1. The number of rotatable bonds is 4. The van der Waals surface area contributed by atoms with Crippen LogP contribution in [0.15, 0.2) is 59.5 Å². The third-order valence-electron chi connectivity index (χ3n) is 4.95. The maximum atomic E-state index is 14.3. The van der Waals surface area contributed by atoms with Crippen LogP contribution in [0.5, 0.6) is 0 Å². The van der Waals surface area contributed by atoms with Gasteiger partial charge in [-0.2, -0.15) is 0 Å². The van der Waals surface area contributed by atoms with Crippen LogP contribution in [0, 0.1) is 19.7 Å². The van der Waals surface area contributed by atoms with Crippen LogP contribution in [0.25, 0.3) is 11.8 Å². The Morgan fingerprint density at radius 2 is 1.83 bits per heavy atom. The first-order chi connectivity index (χ1) is 14.3. The Bertz CT molecular complexity index is 1200. The molecule has 0 radical (unpaired) electrons. The number of amides is 2. The van der Waals surface area contributed by atoms with Gasteiger partial charge in [0.15, 0.2) is 0 Å². The second kappa shape index (κ2) is 8.13. The van der Waals surface area contributed by atoms with Crippen molar-refractivity contribution in [3.63, 3.8) is 0 Å². The molecule has 0 N–H and O–H groups in total. The zero-order valence-electron chi connectivity index (χ0n) is 16.4. The molecule has 1 aliphatic heterocycles. The Kier molecular flexibility index (Phi) is 5.54. The first kappa shape index (κ1) is 20.4. The molecule has 1 aliphatic rings. The average molecular weight is 441 g/mol. The van der Waals surface area contributed by atoms with Gasteiger partial charge in [-0.05, 0) is 73.1 Å². The fourth-order valence-corrected chi connectivity index (χ4v) is 4.58. The van der Waals surface area contributed by atoms with Crippen LogP contribution >= 0.6 is 23.4 Å². The van der Waals surface area contributed by atoms with Crippen molar-refractivity contribution in [3.05, 3.63) is 92.9 Å². The molecular formula is C23H18ClFN2O2S. The van der Waals surface area contributed by atoms with Gasteiger partial charge in [0.1, 0.15) is 5.82 Å². The largest absolute Gasteiger partial charge is 0.315 e. The molecule has 4 nitrogen and oxygen atoms in total. The molecule has 0 spiro atoms. The van der Waals surface area contributed by atoms with Crippen LogP contribution in [0.3, 0.4) is 0 Å². The molecule has 30 heavy (non-hydrogen) atoms. The summed E-state index contributed by atoms with van der Waals surface area (Å²) in [7, 11) is 0. The fourth-order valence-electron chi connectivity index (χ4n) is 3.53. The summed E-state index contributed by atoms with van der Waals surface area (Å²) in [6.45, 7) is 3.90. The highest BCUT2D eigenvalue weighted by molar-refractivity contribution is 8.18. The van der Waals surface area contributed by atoms with E-state index in [4.69, 9.17) is 11.6 Å². The molecular weight excluding hydrogens is 423 g/mol. The van der Waals surface area contributed by atoms with Crippen molar-refractivity contribution in [2.75, 3.05) is 0 Å². The Balaban J connectivity index is 1.64. The summed E-state index contributed by atoms with van der Waals surface area (Å²) < 4.78 is 16.1. The predicted molar refractivity (Wildman–Crippen MR) is 118 cm³/mol. The lowest BCUT2D eigenvalue weighted by Crippen LogP contribution is -2.27. The molecule has 0 unspecified atom stereocenters. The standard InChI is InChI=1S/C23H18ClFN2O2S/c1-14-10-17(15(2)27(14)20-9-4-3-8-19(20)25)12-21-22(28)26(23(29)30-21)13-16-6-5-7-18(24)11-16/h3-12H,13H2,1-2H3/b21-12-. The lowest BCUT2D eigenvalue weighted by Gasteiger charge is -2.12. The first-order valence-electron chi connectivity index (χ1n) is 9.29. The molecule has 2 heterocycles. The number of thioether (sulfide) groups is 1. The molecule has 2 amide bonds. The van der Waals surface area contributed by atoms with Crippen molar-refractivity contribution in [1.82, 2.24) is 9.47 Å². The van der Waals surface area contributed by atoms with Crippen LogP contribution < -0.4 is 0 Å². The van der Waals surface area contributed by atoms with Gasteiger partial charge in [-0.15, -0.1) is 0 Å². The topological polar surface area (TPSA) is 42.3 Å². The molecule has 0 saturated carbocycles. The lowest BCUT2D eigenvalue weighted by atomic mass is 10.2. The monoisotopic (exact) mass is 440 g/mol. The van der Waals surface area contributed by atoms with Crippen LogP contribution in [-0.2, 0) is 11.3 Å². The van der Waals surface area contributed by atoms with Crippen LogP contribution in [-0.4, -0.2) is 20.6 Å². The average Bonchev–Trinajstić information content (AvgIpc) is 3.12. The van der Waals surface area contributed by atoms with Gasteiger partial charge in [-0.25, -0.2) is 4.39 Å². The van der Waals surface area contributed by atoms with E-state index in [0.717, 1.165) is 34.3 Å². The minimum atomic E-state index is -0.347. The summed E-state index contributed by atoms with van der Waals surface area (Å²) in [6, 6.07) is 15.5. The Morgan fingerprint density at radius 3 is 2.57 bits per heavy atom. The molecule has 2 aromatic carbocycles. The number of benzene rings is 2. The molecule has 0 atom stereocenters. The molecule has 0 bridgehead atoms. The smallest absolute Gasteiger partial charge is 0.293 e. The molecule has 152 valence electrons. The van der Waals surface area contributed by atoms with E-state index in [2.05, 4.69) is 0 Å². The number of hydrogen-bond donors (Lipinski definition) is 0. The second-order valence-corrected chi connectivity index (χ2v) is 8.44. The van der Waals surface area contributed by atoms with E-state index in [9.17, 15) is 14.0 Å². The number of imide groups is 1. The van der Waals surface area contributed by atoms with Gasteiger partial charge < -0.3 is 4.57 Å². The van der Waals surface area contributed by atoms with Crippen molar-refractivity contribution >= 4 is 40.6 Å². The summed E-state index contributed by atoms with van der Waals surface area (Å²) in [5.41, 5.74) is 3.62. The van der Waals surface area contributed by atoms with Gasteiger partial charge in [0, 0.05) is 16.4 Å². The zero-order valence-corrected chi connectivity index (χ0v) is 17.9. The second-order valence-electron chi connectivity index (χ2n) is 7.01. The Hall–Kier alpha value is -2.83. The summed E-state index contributed by atoms with van der Waals surface area (Å²) in [5.74, 6) is -0.673. The number of aromatic nitrogens is 1. The van der Waals surface area contributed by atoms with E-state index in [0.29, 0.717) is 15.6 Å². The van der Waals surface area contributed by atoms with Crippen molar-refractivity contribution in [2.24, 2.45) is 0 Å². The maximum Gasteiger partial charge on any atom is 0.293 e. The number of para-hydroxylation sites is 1. The zero-order chi connectivity index (χ0) is 21.4. The molecule has 1 aromatic heterocycles. The van der Waals surface area contributed by atoms with Crippen molar-refractivity contribution < 1.29 is 14.0 Å². The highest BCUT2D eigenvalue weighted by Gasteiger charge is 2.35. The van der Waals surface area contributed by atoms with Gasteiger partial charge in [0.2, 0.25) is 0 Å². The maximum absolute atomic E-state index is 14.3. The van der Waals surface area contributed by atoms with E-state index in [1.807, 2.05) is 26.0 Å². The van der Waals surface area contributed by atoms with Gasteiger partial charge in [0.25, 0.3) is 11.1 Å². The SMILES string of the molecule is Cc1cc(/C=C2\SC(=O)N(Cc3cccc(Cl)c3)C2=O)c(C)n1-c1ccccc1F. The first-order valence-corrected chi connectivity index (χ1v) is 10.5. The minimum Gasteiger partial charge on any atom is -0.315 e. The predicted octanol–water partition coefficient (Wildman–Crippen LogP) is 6.12. The van der Waals surface area contributed by atoms with Crippen molar-refractivity contribution in [3.8, 4) is 5.69 Å². The summed E-state index contributed by atoms with van der Waals surface area (Å²) in [4.78, 5) is 26.8.